The first-order chi connectivity index (χ1) is 16.1. The summed E-state index contributed by atoms with van der Waals surface area (Å²) in [5, 5.41) is 4.32. The summed E-state index contributed by atoms with van der Waals surface area (Å²) in [5.74, 6) is 0.681. The van der Waals surface area contributed by atoms with Crippen molar-refractivity contribution < 1.29 is 18.7 Å². The van der Waals surface area contributed by atoms with E-state index in [1.165, 1.54) is 11.0 Å². The van der Waals surface area contributed by atoms with Crippen molar-refractivity contribution in [3.05, 3.63) is 102 Å². The van der Waals surface area contributed by atoms with Crippen LogP contribution in [0.5, 0.6) is 5.75 Å². The number of para-hydroxylation sites is 2. The molecule has 0 aliphatic heterocycles. The number of benzene rings is 2. The average Bonchev–Trinajstić information content (AvgIpc) is 3.52. The Labute approximate surface area is 190 Å². The Balaban J connectivity index is 1.24. The minimum absolute atomic E-state index is 0.0637. The second kappa shape index (κ2) is 10.2. The predicted molar refractivity (Wildman–Crippen MR) is 121 cm³/mol. The molecular weight excluding hydrogens is 422 g/mol. The van der Waals surface area contributed by atoms with Gasteiger partial charge < -0.3 is 14.1 Å². The first-order valence-corrected chi connectivity index (χ1v) is 10.3. The lowest BCUT2D eigenvalue weighted by atomic mass is 10.3. The Morgan fingerprint density at radius 1 is 1.00 bits per heavy atom. The van der Waals surface area contributed by atoms with Crippen molar-refractivity contribution in [3.63, 3.8) is 0 Å². The molecule has 4 rings (SSSR count). The van der Waals surface area contributed by atoms with Crippen LogP contribution < -0.4 is 15.6 Å². The fourth-order valence-corrected chi connectivity index (χ4v) is 3.03. The van der Waals surface area contributed by atoms with Crippen LogP contribution in [-0.2, 0) is 13.2 Å². The molecule has 4 aromatic rings. The topological polar surface area (TPSA) is 102 Å². The lowest BCUT2D eigenvalue weighted by molar-refractivity contribution is 0.0899. The molecule has 9 nitrogen and oxygen atoms in total. The SMILES string of the molecule is CN(Cc1cnn(-c2ccccc2)c1)C(=O)NNC(=O)c1ccc(COc2ccccc2)o1. The zero-order valence-electron chi connectivity index (χ0n) is 18.0. The number of nitrogens with zero attached hydrogens (tertiary/aromatic N) is 3. The molecule has 2 heterocycles. The molecule has 0 saturated carbocycles. The van der Waals surface area contributed by atoms with Crippen molar-refractivity contribution in [2.75, 3.05) is 7.05 Å². The Morgan fingerprint density at radius 2 is 1.73 bits per heavy atom. The fraction of sp³-hybridized carbons (Fsp3) is 0.125. The largest absolute Gasteiger partial charge is 0.486 e. The first kappa shape index (κ1) is 21.7. The summed E-state index contributed by atoms with van der Waals surface area (Å²) in [6.45, 7) is 0.499. The Morgan fingerprint density at radius 3 is 2.48 bits per heavy atom. The molecule has 0 spiro atoms. The molecule has 0 aliphatic rings. The number of hydrogen-bond acceptors (Lipinski definition) is 5. The van der Waals surface area contributed by atoms with Crippen LogP contribution in [-0.4, -0.2) is 33.7 Å². The summed E-state index contributed by atoms with van der Waals surface area (Å²) in [4.78, 5) is 26.1. The maximum absolute atomic E-state index is 12.3. The number of amides is 3. The third-order valence-corrected chi connectivity index (χ3v) is 4.72. The molecule has 33 heavy (non-hydrogen) atoms. The highest BCUT2D eigenvalue weighted by molar-refractivity contribution is 5.92. The smallest absolute Gasteiger partial charge is 0.336 e. The molecule has 0 aliphatic carbocycles. The van der Waals surface area contributed by atoms with E-state index in [-0.39, 0.29) is 12.4 Å². The van der Waals surface area contributed by atoms with Gasteiger partial charge in [0.1, 0.15) is 18.1 Å². The number of aromatic nitrogens is 2. The van der Waals surface area contributed by atoms with Crippen LogP contribution in [0.4, 0.5) is 4.79 Å². The van der Waals surface area contributed by atoms with Gasteiger partial charge >= 0.3 is 11.9 Å². The van der Waals surface area contributed by atoms with Gasteiger partial charge in [0.15, 0.2) is 5.76 Å². The molecule has 2 N–H and O–H groups in total. The van der Waals surface area contributed by atoms with Gasteiger partial charge in [-0.15, -0.1) is 0 Å². The zero-order valence-corrected chi connectivity index (χ0v) is 18.0. The summed E-state index contributed by atoms with van der Waals surface area (Å²) >= 11 is 0. The van der Waals surface area contributed by atoms with E-state index in [9.17, 15) is 9.59 Å². The van der Waals surface area contributed by atoms with Crippen LogP contribution in [0.15, 0.2) is 89.6 Å². The maximum atomic E-state index is 12.3. The van der Waals surface area contributed by atoms with E-state index in [0.29, 0.717) is 18.1 Å². The molecule has 0 atom stereocenters. The molecule has 0 bridgehead atoms. The highest BCUT2D eigenvalue weighted by Crippen LogP contribution is 2.14. The number of hydrogen-bond donors (Lipinski definition) is 2. The molecule has 3 amide bonds. The molecule has 0 unspecified atom stereocenters. The third-order valence-electron chi connectivity index (χ3n) is 4.72. The number of furan rings is 1. The van der Waals surface area contributed by atoms with Gasteiger partial charge in [0.25, 0.3) is 0 Å². The minimum atomic E-state index is -0.570. The van der Waals surface area contributed by atoms with Crippen LogP contribution in [0.25, 0.3) is 5.69 Å². The molecule has 0 saturated heterocycles. The quantitative estimate of drug-likeness (QED) is 0.424. The maximum Gasteiger partial charge on any atom is 0.336 e. The number of urea groups is 1. The van der Waals surface area contributed by atoms with Gasteiger partial charge in [-0.25, -0.2) is 14.9 Å². The van der Waals surface area contributed by atoms with Gasteiger partial charge in [-0.1, -0.05) is 36.4 Å². The van der Waals surface area contributed by atoms with Gasteiger partial charge in [0.05, 0.1) is 18.4 Å². The lowest BCUT2D eigenvalue weighted by Gasteiger charge is -2.17. The van der Waals surface area contributed by atoms with E-state index >= 15 is 0 Å². The summed E-state index contributed by atoms with van der Waals surface area (Å²) in [6.07, 6.45) is 3.54. The van der Waals surface area contributed by atoms with Crippen molar-refractivity contribution in [2.45, 2.75) is 13.2 Å². The van der Waals surface area contributed by atoms with Crippen LogP contribution in [0.3, 0.4) is 0 Å². The normalized spacial score (nSPS) is 10.5. The van der Waals surface area contributed by atoms with Crippen molar-refractivity contribution in [1.29, 1.82) is 0 Å². The van der Waals surface area contributed by atoms with Crippen molar-refractivity contribution in [3.8, 4) is 11.4 Å². The average molecular weight is 445 g/mol. The number of rotatable bonds is 7. The standard InChI is InChI=1S/C24H23N5O4/c1-28(15-18-14-25-29(16-18)19-8-4-2-5-9-19)24(31)27-26-23(30)22-13-12-21(33-22)17-32-20-10-6-3-7-11-20/h2-14,16H,15,17H2,1H3,(H,26,30)(H,27,31). The Hall–Kier alpha value is -4.53. The summed E-state index contributed by atoms with van der Waals surface area (Å²) in [6, 6.07) is 21.6. The van der Waals surface area contributed by atoms with Crippen molar-refractivity contribution in [1.82, 2.24) is 25.5 Å². The van der Waals surface area contributed by atoms with E-state index in [1.807, 2.05) is 66.9 Å². The number of carbonyl (C=O) groups excluding carboxylic acids is 2. The second-order valence-electron chi connectivity index (χ2n) is 7.24. The number of nitrogens with one attached hydrogen (secondary N) is 2. The predicted octanol–water partition coefficient (Wildman–Crippen LogP) is 3.53. The first-order valence-electron chi connectivity index (χ1n) is 10.3. The Kier molecular flexibility index (Phi) is 6.70. The van der Waals surface area contributed by atoms with E-state index in [0.717, 1.165) is 11.3 Å². The van der Waals surface area contributed by atoms with E-state index < -0.39 is 11.9 Å². The van der Waals surface area contributed by atoms with E-state index in [2.05, 4.69) is 16.0 Å². The molecular formula is C24H23N5O4. The number of carbonyl (C=O) groups is 2. The van der Waals surface area contributed by atoms with Crippen LogP contribution in [0, 0.1) is 0 Å². The van der Waals surface area contributed by atoms with E-state index in [4.69, 9.17) is 9.15 Å². The van der Waals surface area contributed by atoms with E-state index in [1.54, 1.807) is 24.0 Å². The fourth-order valence-electron chi connectivity index (χ4n) is 3.03. The van der Waals surface area contributed by atoms with Gasteiger partial charge in [-0.2, -0.15) is 5.10 Å². The Bertz CT molecular complexity index is 1200. The highest BCUT2D eigenvalue weighted by Gasteiger charge is 2.15. The second-order valence-corrected chi connectivity index (χ2v) is 7.24. The number of hydrazine groups is 1. The van der Waals surface area contributed by atoms with Gasteiger partial charge in [0, 0.05) is 18.8 Å². The molecule has 168 valence electrons. The van der Waals surface area contributed by atoms with Crippen LogP contribution in [0.2, 0.25) is 0 Å². The number of ether oxygens (including phenoxy) is 1. The summed E-state index contributed by atoms with van der Waals surface area (Å²) in [5.41, 5.74) is 6.49. The zero-order chi connectivity index (χ0) is 23.0. The van der Waals surface area contributed by atoms with Gasteiger partial charge in [-0.05, 0) is 36.4 Å². The molecule has 2 aromatic carbocycles. The molecule has 2 aromatic heterocycles. The minimum Gasteiger partial charge on any atom is -0.486 e. The van der Waals surface area contributed by atoms with Crippen molar-refractivity contribution in [2.24, 2.45) is 0 Å². The van der Waals surface area contributed by atoms with Crippen LogP contribution >= 0.6 is 0 Å². The lowest BCUT2D eigenvalue weighted by Crippen LogP contribution is -2.47. The molecule has 9 heteroatoms. The molecule has 0 radical (unpaired) electrons. The van der Waals surface area contributed by atoms with Crippen LogP contribution in [0.1, 0.15) is 21.9 Å². The third kappa shape index (κ3) is 5.79. The highest BCUT2D eigenvalue weighted by atomic mass is 16.5. The van der Waals surface area contributed by atoms with Gasteiger partial charge in [-0.3, -0.25) is 10.2 Å². The summed E-state index contributed by atoms with van der Waals surface area (Å²) < 4.78 is 12.8. The van der Waals surface area contributed by atoms with Gasteiger partial charge in [0.2, 0.25) is 0 Å². The van der Waals surface area contributed by atoms with Crippen molar-refractivity contribution >= 4 is 11.9 Å². The summed E-state index contributed by atoms with van der Waals surface area (Å²) in [7, 11) is 1.62. The monoisotopic (exact) mass is 445 g/mol. The molecule has 0 fully saturated rings.